The van der Waals surface area contributed by atoms with Crippen molar-refractivity contribution in [3.8, 4) is 11.6 Å². The van der Waals surface area contributed by atoms with Gasteiger partial charge in [0.25, 0.3) is 0 Å². The quantitative estimate of drug-likeness (QED) is 0.624. The van der Waals surface area contributed by atoms with Crippen molar-refractivity contribution < 1.29 is 9.47 Å². The normalized spacial score (nSPS) is 18.2. The lowest BCUT2D eigenvalue weighted by atomic mass is 10.2. The second-order valence-electron chi connectivity index (χ2n) is 6.83. The summed E-state index contributed by atoms with van der Waals surface area (Å²) in [6.07, 6.45) is 12.1. The Morgan fingerprint density at radius 3 is 2.79 bits per heavy atom. The lowest BCUT2D eigenvalue weighted by Gasteiger charge is -2.09. The molecule has 142 valence electrons. The molecule has 0 N–H and O–H groups in total. The lowest BCUT2D eigenvalue weighted by molar-refractivity contribution is 0.283. The second-order valence-corrected chi connectivity index (χ2v) is 6.83. The highest BCUT2D eigenvalue weighted by Gasteiger charge is 2.40. The van der Waals surface area contributed by atoms with Gasteiger partial charge < -0.3 is 9.47 Å². The standard InChI is InChI=1S/C22H22N4O2/c1-15-24-12-17(6-5-16-4-3-9-23-11-16)22(26-15)28-14-18-10-20(18)21-8-7-19(27-2)13-25-21/h3-9,11-13,18,20H,10,14H2,1-2H3/t18-,20?/m1/s1. The summed E-state index contributed by atoms with van der Waals surface area (Å²) in [7, 11) is 1.65. The molecule has 0 amide bonds. The molecule has 0 aliphatic heterocycles. The first-order valence-electron chi connectivity index (χ1n) is 9.27. The van der Waals surface area contributed by atoms with Crippen LogP contribution in [-0.4, -0.2) is 33.7 Å². The molecule has 6 heteroatoms. The molecule has 2 atom stereocenters. The third-order valence-electron chi connectivity index (χ3n) is 4.77. The average Bonchev–Trinajstić information content (AvgIpc) is 3.52. The highest BCUT2D eigenvalue weighted by atomic mass is 16.5. The molecular weight excluding hydrogens is 352 g/mol. The first kappa shape index (κ1) is 18.1. The first-order chi connectivity index (χ1) is 13.7. The molecule has 3 heterocycles. The van der Waals surface area contributed by atoms with Crippen molar-refractivity contribution in [3.63, 3.8) is 0 Å². The zero-order valence-electron chi connectivity index (χ0n) is 15.9. The fourth-order valence-corrected chi connectivity index (χ4v) is 3.06. The molecule has 0 bridgehead atoms. The van der Waals surface area contributed by atoms with Gasteiger partial charge in [-0.3, -0.25) is 9.97 Å². The van der Waals surface area contributed by atoms with E-state index in [2.05, 4.69) is 19.9 Å². The minimum atomic E-state index is 0.434. The second kappa shape index (κ2) is 8.17. The minimum absolute atomic E-state index is 0.434. The van der Waals surface area contributed by atoms with E-state index in [1.54, 1.807) is 25.7 Å². The summed E-state index contributed by atoms with van der Waals surface area (Å²) in [5, 5.41) is 0. The van der Waals surface area contributed by atoms with Gasteiger partial charge in [-0.2, -0.15) is 4.98 Å². The van der Waals surface area contributed by atoms with Crippen LogP contribution in [0.5, 0.6) is 11.6 Å². The van der Waals surface area contributed by atoms with Crippen molar-refractivity contribution in [3.05, 3.63) is 71.7 Å². The molecule has 1 aliphatic rings. The van der Waals surface area contributed by atoms with Gasteiger partial charge in [-0.1, -0.05) is 12.1 Å². The highest BCUT2D eigenvalue weighted by molar-refractivity contribution is 5.70. The predicted octanol–water partition coefficient (Wildman–Crippen LogP) is 3.94. The van der Waals surface area contributed by atoms with Crippen molar-refractivity contribution in [2.24, 2.45) is 5.92 Å². The molecule has 3 aromatic rings. The molecule has 0 saturated heterocycles. The van der Waals surface area contributed by atoms with Crippen molar-refractivity contribution >= 4 is 12.2 Å². The van der Waals surface area contributed by atoms with Crippen LogP contribution in [0.3, 0.4) is 0 Å². The number of pyridine rings is 2. The largest absolute Gasteiger partial charge is 0.495 e. The van der Waals surface area contributed by atoms with E-state index < -0.39 is 0 Å². The van der Waals surface area contributed by atoms with Gasteiger partial charge in [-0.05, 0) is 43.2 Å². The van der Waals surface area contributed by atoms with E-state index in [1.165, 1.54) is 0 Å². The molecule has 1 saturated carbocycles. The van der Waals surface area contributed by atoms with Crippen molar-refractivity contribution in [2.45, 2.75) is 19.3 Å². The van der Waals surface area contributed by atoms with Gasteiger partial charge in [0.2, 0.25) is 5.88 Å². The Morgan fingerprint density at radius 2 is 2.04 bits per heavy atom. The third kappa shape index (κ3) is 4.34. The Balaban J connectivity index is 1.41. The van der Waals surface area contributed by atoms with Gasteiger partial charge in [0, 0.05) is 36.1 Å². The predicted molar refractivity (Wildman–Crippen MR) is 107 cm³/mol. The third-order valence-corrected chi connectivity index (χ3v) is 4.77. The highest BCUT2D eigenvalue weighted by Crippen LogP contribution is 2.47. The van der Waals surface area contributed by atoms with E-state index in [4.69, 9.17) is 9.47 Å². The van der Waals surface area contributed by atoms with Crippen LogP contribution in [0.1, 0.15) is 35.0 Å². The van der Waals surface area contributed by atoms with Crippen molar-refractivity contribution in [2.75, 3.05) is 13.7 Å². The molecule has 28 heavy (non-hydrogen) atoms. The molecule has 1 unspecified atom stereocenters. The van der Waals surface area contributed by atoms with E-state index in [0.717, 1.165) is 29.0 Å². The Hall–Kier alpha value is -3.28. The van der Waals surface area contributed by atoms with Gasteiger partial charge >= 0.3 is 0 Å². The number of nitrogens with zero attached hydrogens (tertiary/aromatic N) is 4. The summed E-state index contributed by atoms with van der Waals surface area (Å²) >= 11 is 0. The maximum Gasteiger partial charge on any atom is 0.224 e. The van der Waals surface area contributed by atoms with E-state index in [9.17, 15) is 0 Å². The molecule has 1 fully saturated rings. The Morgan fingerprint density at radius 1 is 1.11 bits per heavy atom. The van der Waals surface area contributed by atoms with E-state index in [0.29, 0.717) is 30.1 Å². The Labute approximate surface area is 164 Å². The molecular formula is C22H22N4O2. The molecule has 1 aliphatic carbocycles. The number of hydrogen-bond acceptors (Lipinski definition) is 6. The molecule has 6 nitrogen and oxygen atoms in total. The number of methoxy groups -OCH3 is 1. The molecule has 0 radical (unpaired) electrons. The lowest BCUT2D eigenvalue weighted by Crippen LogP contribution is -2.05. The number of aryl methyl sites for hydroxylation is 1. The van der Waals surface area contributed by atoms with Gasteiger partial charge in [0.1, 0.15) is 11.6 Å². The fourth-order valence-electron chi connectivity index (χ4n) is 3.06. The van der Waals surface area contributed by atoms with Crippen LogP contribution in [0.4, 0.5) is 0 Å². The summed E-state index contributed by atoms with van der Waals surface area (Å²) in [5.74, 6) is 2.96. The van der Waals surface area contributed by atoms with Gasteiger partial charge in [-0.25, -0.2) is 4.98 Å². The van der Waals surface area contributed by atoms with Gasteiger partial charge in [0.05, 0.1) is 25.5 Å². The average molecular weight is 374 g/mol. The SMILES string of the molecule is COc1ccc(C2C[C@@H]2COc2nc(C)ncc2C=Cc2cccnc2)nc1. The molecule has 0 aromatic carbocycles. The summed E-state index contributed by atoms with van der Waals surface area (Å²) in [5.41, 5.74) is 2.96. The van der Waals surface area contributed by atoms with E-state index in [-0.39, 0.29) is 0 Å². The number of hydrogen-bond donors (Lipinski definition) is 0. The fraction of sp³-hybridized carbons (Fsp3) is 0.273. The van der Waals surface area contributed by atoms with Gasteiger partial charge in [0.15, 0.2) is 0 Å². The van der Waals surface area contributed by atoms with Crippen LogP contribution in [0.15, 0.2) is 49.1 Å². The number of rotatable bonds is 7. The summed E-state index contributed by atoms with van der Waals surface area (Å²) < 4.78 is 11.2. The van der Waals surface area contributed by atoms with Crippen LogP contribution in [0, 0.1) is 12.8 Å². The smallest absolute Gasteiger partial charge is 0.224 e. The topological polar surface area (TPSA) is 70.0 Å². The minimum Gasteiger partial charge on any atom is -0.495 e. The van der Waals surface area contributed by atoms with Crippen LogP contribution in [0.2, 0.25) is 0 Å². The summed E-state index contributed by atoms with van der Waals surface area (Å²) in [4.78, 5) is 17.4. The maximum atomic E-state index is 6.06. The van der Waals surface area contributed by atoms with Crippen LogP contribution < -0.4 is 9.47 Å². The monoisotopic (exact) mass is 374 g/mol. The Kier molecular flexibility index (Phi) is 5.28. The zero-order valence-corrected chi connectivity index (χ0v) is 15.9. The zero-order chi connectivity index (χ0) is 19.3. The summed E-state index contributed by atoms with van der Waals surface area (Å²) in [6.45, 7) is 2.48. The first-order valence-corrected chi connectivity index (χ1v) is 9.27. The van der Waals surface area contributed by atoms with E-state index >= 15 is 0 Å². The van der Waals surface area contributed by atoms with Crippen LogP contribution in [0.25, 0.3) is 12.2 Å². The van der Waals surface area contributed by atoms with Crippen molar-refractivity contribution in [1.82, 2.24) is 19.9 Å². The van der Waals surface area contributed by atoms with Crippen LogP contribution >= 0.6 is 0 Å². The van der Waals surface area contributed by atoms with Crippen LogP contribution in [-0.2, 0) is 0 Å². The Bertz CT molecular complexity index is 958. The molecule has 0 spiro atoms. The number of ether oxygens (including phenoxy) is 2. The molecule has 4 rings (SSSR count). The molecule has 3 aromatic heterocycles. The van der Waals surface area contributed by atoms with E-state index in [1.807, 2.05) is 49.5 Å². The number of aromatic nitrogens is 4. The maximum absolute atomic E-state index is 6.06. The van der Waals surface area contributed by atoms with Crippen molar-refractivity contribution in [1.29, 1.82) is 0 Å². The summed E-state index contributed by atoms with van der Waals surface area (Å²) in [6, 6.07) is 7.88. The van der Waals surface area contributed by atoms with Gasteiger partial charge in [-0.15, -0.1) is 0 Å².